The van der Waals surface area contributed by atoms with E-state index in [0.717, 1.165) is 44.4 Å². The van der Waals surface area contributed by atoms with Crippen LogP contribution in [0.1, 0.15) is 16.7 Å². The van der Waals surface area contributed by atoms with Gasteiger partial charge in [0, 0.05) is 46.8 Å². The first-order chi connectivity index (χ1) is 13.7. The molecule has 0 aromatic heterocycles. The molecule has 5 nitrogen and oxygen atoms in total. The van der Waals surface area contributed by atoms with Crippen LogP contribution in [0.5, 0.6) is 0 Å². The molecule has 0 radical (unpaired) electrons. The summed E-state index contributed by atoms with van der Waals surface area (Å²) in [5.74, 6) is 0.594. The van der Waals surface area contributed by atoms with Crippen molar-refractivity contribution >= 4 is 5.96 Å². The number of nitrogens with one attached hydrogen (secondary N) is 1. The van der Waals surface area contributed by atoms with Gasteiger partial charge in [0.1, 0.15) is 5.82 Å². The standard InChI is InChI=1S/C22H29FN4O/c1-24-22(26(2)16-18-7-9-21(23)10-8-18)25-15-19-5-3-4-6-20(19)17-27-11-13-28-14-12-27/h3-10H,11-17H2,1-2H3,(H,24,25). The molecule has 0 amide bonds. The SMILES string of the molecule is CN=C(NCc1ccccc1CN1CCOCC1)N(C)Cc1ccc(F)cc1. The lowest BCUT2D eigenvalue weighted by Gasteiger charge is -2.28. The predicted octanol–water partition coefficient (Wildman–Crippen LogP) is 2.87. The molecule has 0 saturated carbocycles. The van der Waals surface area contributed by atoms with Crippen LogP contribution in [-0.4, -0.2) is 56.2 Å². The molecule has 1 heterocycles. The zero-order valence-electron chi connectivity index (χ0n) is 16.7. The summed E-state index contributed by atoms with van der Waals surface area (Å²) in [5.41, 5.74) is 3.64. The fraction of sp³-hybridized carbons (Fsp3) is 0.409. The van der Waals surface area contributed by atoms with Crippen molar-refractivity contribution in [1.82, 2.24) is 15.1 Å². The molecule has 0 unspecified atom stereocenters. The number of rotatable bonds is 6. The van der Waals surface area contributed by atoms with Crippen molar-refractivity contribution in [2.75, 3.05) is 40.4 Å². The maximum absolute atomic E-state index is 13.1. The highest BCUT2D eigenvalue weighted by atomic mass is 19.1. The highest BCUT2D eigenvalue weighted by Crippen LogP contribution is 2.13. The third kappa shape index (κ3) is 5.78. The monoisotopic (exact) mass is 384 g/mol. The molecule has 1 aliphatic rings. The first-order valence-electron chi connectivity index (χ1n) is 9.69. The smallest absolute Gasteiger partial charge is 0.193 e. The van der Waals surface area contributed by atoms with Gasteiger partial charge in [0.25, 0.3) is 0 Å². The minimum atomic E-state index is -0.217. The van der Waals surface area contributed by atoms with E-state index in [1.807, 2.05) is 11.9 Å². The van der Waals surface area contributed by atoms with E-state index in [9.17, 15) is 4.39 Å². The van der Waals surface area contributed by atoms with Gasteiger partial charge in [-0.05, 0) is 28.8 Å². The molecule has 2 aromatic carbocycles. The van der Waals surface area contributed by atoms with E-state index in [4.69, 9.17) is 4.74 Å². The van der Waals surface area contributed by atoms with Crippen LogP contribution >= 0.6 is 0 Å². The maximum atomic E-state index is 13.1. The summed E-state index contributed by atoms with van der Waals surface area (Å²) in [5, 5.41) is 3.45. The van der Waals surface area contributed by atoms with Gasteiger partial charge >= 0.3 is 0 Å². The van der Waals surface area contributed by atoms with E-state index < -0.39 is 0 Å². The molecular weight excluding hydrogens is 355 g/mol. The van der Waals surface area contributed by atoms with Crippen molar-refractivity contribution in [2.24, 2.45) is 4.99 Å². The average Bonchev–Trinajstić information content (AvgIpc) is 2.72. The van der Waals surface area contributed by atoms with Gasteiger partial charge < -0.3 is 15.0 Å². The second-order valence-electron chi connectivity index (χ2n) is 7.04. The number of benzene rings is 2. The van der Waals surface area contributed by atoms with Gasteiger partial charge in [0.15, 0.2) is 5.96 Å². The van der Waals surface area contributed by atoms with Gasteiger partial charge in [0.05, 0.1) is 13.2 Å². The minimum Gasteiger partial charge on any atom is -0.379 e. The molecule has 3 rings (SSSR count). The molecule has 0 aliphatic carbocycles. The molecule has 0 bridgehead atoms. The highest BCUT2D eigenvalue weighted by molar-refractivity contribution is 5.79. The van der Waals surface area contributed by atoms with Gasteiger partial charge in [-0.3, -0.25) is 9.89 Å². The number of aliphatic imine (C=N–C) groups is 1. The van der Waals surface area contributed by atoms with Crippen LogP contribution in [0.2, 0.25) is 0 Å². The van der Waals surface area contributed by atoms with Crippen LogP contribution in [0, 0.1) is 5.82 Å². The number of hydrogen-bond acceptors (Lipinski definition) is 3. The Labute approximate surface area is 166 Å². The Kier molecular flexibility index (Phi) is 7.39. The first-order valence-corrected chi connectivity index (χ1v) is 9.69. The average molecular weight is 384 g/mol. The van der Waals surface area contributed by atoms with Crippen LogP contribution in [0.25, 0.3) is 0 Å². The van der Waals surface area contributed by atoms with Crippen LogP contribution in [-0.2, 0) is 24.4 Å². The lowest BCUT2D eigenvalue weighted by molar-refractivity contribution is 0.0341. The van der Waals surface area contributed by atoms with E-state index in [1.54, 1.807) is 19.2 Å². The number of hydrogen-bond donors (Lipinski definition) is 1. The summed E-state index contributed by atoms with van der Waals surface area (Å²) in [4.78, 5) is 8.86. The molecule has 6 heteroatoms. The largest absolute Gasteiger partial charge is 0.379 e. The molecule has 1 fully saturated rings. The third-order valence-corrected chi connectivity index (χ3v) is 4.96. The van der Waals surface area contributed by atoms with E-state index in [1.165, 1.54) is 23.3 Å². The second kappa shape index (κ2) is 10.2. The van der Waals surface area contributed by atoms with Gasteiger partial charge in [0.2, 0.25) is 0 Å². The number of halogens is 1. The van der Waals surface area contributed by atoms with Gasteiger partial charge in [-0.2, -0.15) is 0 Å². The summed E-state index contributed by atoms with van der Waals surface area (Å²) in [6.45, 7) is 5.87. The van der Waals surface area contributed by atoms with Crippen LogP contribution in [0.3, 0.4) is 0 Å². The molecule has 0 atom stereocenters. The molecule has 150 valence electrons. The van der Waals surface area contributed by atoms with Crippen molar-refractivity contribution in [3.8, 4) is 0 Å². The van der Waals surface area contributed by atoms with Crippen molar-refractivity contribution < 1.29 is 9.13 Å². The normalized spacial score (nSPS) is 15.5. The molecule has 28 heavy (non-hydrogen) atoms. The number of guanidine groups is 1. The molecule has 1 saturated heterocycles. The Bertz CT molecular complexity index is 772. The van der Waals surface area contributed by atoms with E-state index in [-0.39, 0.29) is 5.82 Å². The Morgan fingerprint density at radius 2 is 1.79 bits per heavy atom. The maximum Gasteiger partial charge on any atom is 0.193 e. The third-order valence-electron chi connectivity index (χ3n) is 4.96. The Morgan fingerprint density at radius 3 is 2.46 bits per heavy atom. The zero-order chi connectivity index (χ0) is 19.8. The summed E-state index contributed by atoms with van der Waals surface area (Å²) in [6, 6.07) is 15.1. The predicted molar refractivity (Wildman–Crippen MR) is 111 cm³/mol. The second-order valence-corrected chi connectivity index (χ2v) is 7.04. The number of morpholine rings is 1. The van der Waals surface area contributed by atoms with Crippen molar-refractivity contribution in [3.63, 3.8) is 0 Å². The first kappa shape index (κ1) is 20.3. The van der Waals surface area contributed by atoms with Gasteiger partial charge in [-0.25, -0.2) is 4.39 Å². The van der Waals surface area contributed by atoms with Crippen LogP contribution < -0.4 is 5.32 Å². The lowest BCUT2D eigenvalue weighted by Crippen LogP contribution is -2.38. The summed E-state index contributed by atoms with van der Waals surface area (Å²) in [6.07, 6.45) is 0. The lowest BCUT2D eigenvalue weighted by atomic mass is 10.1. The summed E-state index contributed by atoms with van der Waals surface area (Å²) < 4.78 is 18.5. The van der Waals surface area contributed by atoms with Crippen LogP contribution in [0.15, 0.2) is 53.5 Å². The number of nitrogens with zero attached hydrogens (tertiary/aromatic N) is 3. The highest BCUT2D eigenvalue weighted by Gasteiger charge is 2.13. The summed E-state index contributed by atoms with van der Waals surface area (Å²) >= 11 is 0. The molecule has 2 aromatic rings. The summed E-state index contributed by atoms with van der Waals surface area (Å²) in [7, 11) is 3.77. The quantitative estimate of drug-likeness (QED) is 0.614. The topological polar surface area (TPSA) is 40.1 Å². The fourth-order valence-corrected chi connectivity index (χ4v) is 3.38. The minimum absolute atomic E-state index is 0.217. The fourth-order valence-electron chi connectivity index (χ4n) is 3.38. The molecule has 1 aliphatic heterocycles. The van der Waals surface area contributed by atoms with Crippen LogP contribution in [0.4, 0.5) is 4.39 Å². The van der Waals surface area contributed by atoms with Gasteiger partial charge in [-0.15, -0.1) is 0 Å². The molecular formula is C22H29FN4O. The van der Waals surface area contributed by atoms with Crippen molar-refractivity contribution in [1.29, 1.82) is 0 Å². The zero-order valence-corrected chi connectivity index (χ0v) is 16.7. The van der Waals surface area contributed by atoms with Crippen molar-refractivity contribution in [2.45, 2.75) is 19.6 Å². The van der Waals surface area contributed by atoms with Crippen molar-refractivity contribution in [3.05, 3.63) is 71.0 Å². The molecule has 0 spiro atoms. The van der Waals surface area contributed by atoms with E-state index in [2.05, 4.69) is 39.5 Å². The van der Waals surface area contributed by atoms with E-state index in [0.29, 0.717) is 13.1 Å². The Hall–Kier alpha value is -2.44. The van der Waals surface area contributed by atoms with E-state index >= 15 is 0 Å². The number of ether oxygens (including phenoxy) is 1. The van der Waals surface area contributed by atoms with Gasteiger partial charge in [-0.1, -0.05) is 36.4 Å². The molecule has 1 N–H and O–H groups in total. The Balaban J connectivity index is 1.59. The Morgan fingerprint density at radius 1 is 1.11 bits per heavy atom.